The Hall–Kier alpha value is -0.860. The summed E-state index contributed by atoms with van der Waals surface area (Å²) in [5, 5.41) is 11.1. The second-order valence-corrected chi connectivity index (χ2v) is 7.07. The molecule has 2 unspecified atom stereocenters. The van der Waals surface area contributed by atoms with Gasteiger partial charge in [0.15, 0.2) is 0 Å². The van der Waals surface area contributed by atoms with Crippen LogP contribution in [0.2, 0.25) is 0 Å². The van der Waals surface area contributed by atoms with E-state index in [1.54, 1.807) is 0 Å². The maximum absolute atomic E-state index is 11.1. The molecule has 3 rings (SSSR count). The normalized spacial score (nSPS) is 34.2. The van der Waals surface area contributed by atoms with Crippen LogP contribution in [0.5, 0.6) is 0 Å². The lowest BCUT2D eigenvalue weighted by atomic mass is 9.73. The number of hydrogen-bond donors (Lipinski definition) is 1. The van der Waals surface area contributed by atoms with Crippen LogP contribution in [0.15, 0.2) is 18.2 Å². The number of benzene rings is 1. The number of piperidine rings is 2. The van der Waals surface area contributed by atoms with E-state index in [1.165, 1.54) is 36.0 Å². The summed E-state index contributed by atoms with van der Waals surface area (Å²) in [6.07, 6.45) is 6.53. The van der Waals surface area contributed by atoms with Gasteiger partial charge in [-0.2, -0.15) is 0 Å². The molecule has 2 atom stereocenters. The van der Waals surface area contributed by atoms with Crippen molar-refractivity contribution in [1.29, 1.82) is 0 Å². The second kappa shape index (κ2) is 5.16. The summed E-state index contributed by atoms with van der Waals surface area (Å²) in [6.45, 7) is 4.34. The van der Waals surface area contributed by atoms with Crippen molar-refractivity contribution in [3.05, 3.63) is 34.9 Å². The molecule has 2 aliphatic heterocycles. The number of rotatable bonds is 2. The Morgan fingerprint density at radius 3 is 2.50 bits per heavy atom. The smallest absolute Gasteiger partial charge is 0.0717 e. The van der Waals surface area contributed by atoms with Crippen LogP contribution in [0.25, 0.3) is 0 Å². The molecule has 2 heterocycles. The van der Waals surface area contributed by atoms with Gasteiger partial charge in [0.2, 0.25) is 0 Å². The average molecular weight is 273 g/mol. The molecule has 1 aromatic rings. The fourth-order valence-corrected chi connectivity index (χ4v) is 4.25. The van der Waals surface area contributed by atoms with Crippen molar-refractivity contribution in [3.63, 3.8) is 0 Å². The number of aryl methyl sites for hydroxylation is 1. The Morgan fingerprint density at radius 1 is 1.20 bits per heavy atom. The highest BCUT2D eigenvalue weighted by molar-refractivity contribution is 5.34. The molecule has 2 nitrogen and oxygen atoms in total. The van der Waals surface area contributed by atoms with Crippen LogP contribution >= 0.6 is 0 Å². The molecular weight excluding hydrogens is 246 g/mol. The topological polar surface area (TPSA) is 23.5 Å². The maximum atomic E-state index is 11.1. The standard InChI is InChI=1S/C18H27NO/c1-13-6-4-7-15(14(13)2)10-18(20)11-16-8-5-9-17(12-18)19(16)3/h4,6-7,16-17,20H,5,8-12H2,1-3H3. The van der Waals surface area contributed by atoms with Crippen molar-refractivity contribution < 1.29 is 5.11 Å². The third-order valence-corrected chi connectivity index (χ3v) is 5.69. The van der Waals surface area contributed by atoms with E-state index in [2.05, 4.69) is 44.0 Å². The minimum atomic E-state index is -0.499. The number of nitrogens with zero attached hydrogens (tertiary/aromatic N) is 1. The maximum Gasteiger partial charge on any atom is 0.0717 e. The second-order valence-electron chi connectivity index (χ2n) is 7.07. The van der Waals surface area contributed by atoms with Gasteiger partial charge in [0.25, 0.3) is 0 Å². The summed E-state index contributed by atoms with van der Waals surface area (Å²) in [7, 11) is 2.24. The Labute approximate surface area is 122 Å². The molecule has 0 radical (unpaired) electrons. The first-order valence-corrected chi connectivity index (χ1v) is 7.98. The van der Waals surface area contributed by atoms with Crippen molar-refractivity contribution in [3.8, 4) is 0 Å². The molecule has 2 aliphatic rings. The van der Waals surface area contributed by atoms with Crippen LogP contribution in [-0.4, -0.2) is 34.7 Å². The molecule has 0 saturated carbocycles. The van der Waals surface area contributed by atoms with Crippen LogP contribution < -0.4 is 0 Å². The van der Waals surface area contributed by atoms with Crippen LogP contribution in [0, 0.1) is 13.8 Å². The lowest BCUT2D eigenvalue weighted by molar-refractivity contribution is -0.0820. The minimum Gasteiger partial charge on any atom is -0.389 e. The summed E-state index contributed by atoms with van der Waals surface area (Å²) in [5.74, 6) is 0. The third-order valence-electron chi connectivity index (χ3n) is 5.69. The van der Waals surface area contributed by atoms with Crippen molar-refractivity contribution in [1.82, 2.24) is 4.90 Å². The highest BCUT2D eigenvalue weighted by atomic mass is 16.3. The predicted molar refractivity (Wildman–Crippen MR) is 83.0 cm³/mol. The van der Waals surface area contributed by atoms with Gasteiger partial charge in [-0.25, -0.2) is 0 Å². The van der Waals surface area contributed by atoms with Crippen LogP contribution in [0.4, 0.5) is 0 Å². The molecule has 20 heavy (non-hydrogen) atoms. The molecule has 1 aromatic carbocycles. The van der Waals surface area contributed by atoms with Crippen molar-refractivity contribution in [2.45, 2.75) is 70.1 Å². The van der Waals surface area contributed by atoms with Gasteiger partial charge in [-0.3, -0.25) is 0 Å². The molecule has 110 valence electrons. The first-order chi connectivity index (χ1) is 9.48. The Balaban J connectivity index is 1.81. The predicted octanol–water partition coefficient (Wildman–Crippen LogP) is 3.22. The van der Waals surface area contributed by atoms with Gasteiger partial charge >= 0.3 is 0 Å². The average Bonchev–Trinajstić information content (AvgIpc) is 2.37. The zero-order chi connectivity index (χ0) is 14.3. The zero-order valence-electron chi connectivity index (χ0n) is 13.0. The van der Waals surface area contributed by atoms with Crippen molar-refractivity contribution >= 4 is 0 Å². The fourth-order valence-electron chi connectivity index (χ4n) is 4.25. The molecule has 0 aromatic heterocycles. The van der Waals surface area contributed by atoms with Crippen LogP contribution in [0.1, 0.15) is 48.8 Å². The Kier molecular flexibility index (Phi) is 3.64. The van der Waals surface area contributed by atoms with E-state index in [9.17, 15) is 5.11 Å². The monoisotopic (exact) mass is 273 g/mol. The van der Waals surface area contributed by atoms with Gasteiger partial charge in [-0.05, 0) is 63.3 Å². The number of aliphatic hydroxyl groups is 1. The van der Waals surface area contributed by atoms with Crippen LogP contribution in [-0.2, 0) is 6.42 Å². The molecule has 2 bridgehead atoms. The highest BCUT2D eigenvalue weighted by Gasteiger charge is 2.43. The summed E-state index contributed by atoms with van der Waals surface area (Å²) < 4.78 is 0. The summed E-state index contributed by atoms with van der Waals surface area (Å²) in [4.78, 5) is 2.51. The molecule has 0 aliphatic carbocycles. The highest BCUT2D eigenvalue weighted by Crippen LogP contribution is 2.40. The summed E-state index contributed by atoms with van der Waals surface area (Å²) >= 11 is 0. The molecule has 2 heteroatoms. The summed E-state index contributed by atoms with van der Waals surface area (Å²) in [6, 6.07) is 7.63. The van der Waals surface area contributed by atoms with E-state index in [4.69, 9.17) is 0 Å². The van der Waals surface area contributed by atoms with E-state index in [0.717, 1.165) is 19.3 Å². The Morgan fingerprint density at radius 2 is 1.85 bits per heavy atom. The number of fused-ring (bicyclic) bond motifs is 2. The largest absolute Gasteiger partial charge is 0.389 e. The van der Waals surface area contributed by atoms with Gasteiger partial charge in [0.05, 0.1) is 5.60 Å². The molecule has 0 spiro atoms. The zero-order valence-corrected chi connectivity index (χ0v) is 13.0. The molecule has 1 N–H and O–H groups in total. The molecule has 2 saturated heterocycles. The van der Waals surface area contributed by atoms with Crippen molar-refractivity contribution in [2.75, 3.05) is 7.05 Å². The lowest BCUT2D eigenvalue weighted by Crippen LogP contribution is -2.57. The Bertz CT molecular complexity index is 482. The molecule has 2 fully saturated rings. The van der Waals surface area contributed by atoms with Crippen LogP contribution in [0.3, 0.4) is 0 Å². The van der Waals surface area contributed by atoms with E-state index in [-0.39, 0.29) is 0 Å². The van der Waals surface area contributed by atoms with Gasteiger partial charge < -0.3 is 10.0 Å². The quantitative estimate of drug-likeness (QED) is 0.894. The lowest BCUT2D eigenvalue weighted by Gasteiger charge is -2.51. The number of hydrogen-bond acceptors (Lipinski definition) is 2. The van der Waals surface area contributed by atoms with E-state index in [0.29, 0.717) is 12.1 Å². The molecular formula is C18H27NO. The van der Waals surface area contributed by atoms with Gasteiger partial charge in [-0.15, -0.1) is 0 Å². The first kappa shape index (κ1) is 14.1. The van der Waals surface area contributed by atoms with Gasteiger partial charge in [0, 0.05) is 18.5 Å². The van der Waals surface area contributed by atoms with Gasteiger partial charge in [0.1, 0.15) is 0 Å². The minimum absolute atomic E-state index is 0.499. The van der Waals surface area contributed by atoms with E-state index in [1.807, 2.05) is 0 Å². The summed E-state index contributed by atoms with van der Waals surface area (Å²) in [5.41, 5.74) is 3.51. The SMILES string of the molecule is Cc1cccc(CC2(O)CC3CCCC(C2)N3C)c1C. The van der Waals surface area contributed by atoms with E-state index < -0.39 is 5.60 Å². The first-order valence-electron chi connectivity index (χ1n) is 7.98. The fraction of sp³-hybridized carbons (Fsp3) is 0.667. The third kappa shape index (κ3) is 2.51. The van der Waals surface area contributed by atoms with Gasteiger partial charge in [-0.1, -0.05) is 24.6 Å². The van der Waals surface area contributed by atoms with E-state index >= 15 is 0 Å². The van der Waals surface area contributed by atoms with Crippen molar-refractivity contribution in [2.24, 2.45) is 0 Å². The molecule has 0 amide bonds.